The van der Waals surface area contributed by atoms with E-state index in [9.17, 15) is 8.78 Å². The van der Waals surface area contributed by atoms with E-state index in [0.717, 1.165) is 6.42 Å². The zero-order valence-electron chi connectivity index (χ0n) is 12.0. The van der Waals surface area contributed by atoms with Gasteiger partial charge in [0, 0.05) is 23.2 Å². The molecule has 114 valence electrons. The van der Waals surface area contributed by atoms with Crippen LogP contribution in [0.5, 0.6) is 5.75 Å². The number of halogens is 3. The van der Waals surface area contributed by atoms with E-state index in [1.807, 2.05) is 0 Å². The zero-order valence-corrected chi connectivity index (χ0v) is 12.7. The molecule has 0 saturated carbocycles. The molecule has 1 aromatic carbocycles. The van der Waals surface area contributed by atoms with Crippen LogP contribution in [-0.4, -0.2) is 12.7 Å². The van der Waals surface area contributed by atoms with Gasteiger partial charge in [0.05, 0.1) is 0 Å². The molecular formula is C15H22ClF2NO. The number of alkyl halides is 2. The maximum Gasteiger partial charge on any atom is 0.387 e. The van der Waals surface area contributed by atoms with Crippen molar-refractivity contribution in [2.24, 2.45) is 0 Å². The topological polar surface area (TPSA) is 21.3 Å². The van der Waals surface area contributed by atoms with Crippen molar-refractivity contribution >= 4 is 11.6 Å². The van der Waals surface area contributed by atoms with Gasteiger partial charge in [-0.1, -0.05) is 37.8 Å². The summed E-state index contributed by atoms with van der Waals surface area (Å²) < 4.78 is 29.2. The summed E-state index contributed by atoms with van der Waals surface area (Å²) in [6.45, 7) is 1.90. The van der Waals surface area contributed by atoms with Gasteiger partial charge in [0.15, 0.2) is 0 Å². The Morgan fingerprint density at radius 3 is 2.70 bits per heavy atom. The zero-order chi connectivity index (χ0) is 15.0. The van der Waals surface area contributed by atoms with E-state index in [4.69, 9.17) is 11.6 Å². The first kappa shape index (κ1) is 17.2. The summed E-state index contributed by atoms with van der Waals surface area (Å²) in [7, 11) is 0. The number of ether oxygens (including phenoxy) is 1. The molecule has 0 aromatic heterocycles. The first-order chi connectivity index (χ1) is 9.52. The predicted molar refractivity (Wildman–Crippen MR) is 78.5 cm³/mol. The summed E-state index contributed by atoms with van der Waals surface area (Å²) >= 11 is 5.90. The van der Waals surface area contributed by atoms with Crippen LogP contribution in [0.4, 0.5) is 8.78 Å². The third-order valence-electron chi connectivity index (χ3n) is 3.12. The van der Waals surface area contributed by atoms with Gasteiger partial charge < -0.3 is 10.1 Å². The minimum atomic E-state index is -2.82. The molecule has 1 atom stereocenters. The molecule has 1 unspecified atom stereocenters. The van der Waals surface area contributed by atoms with Crippen molar-refractivity contribution in [1.82, 2.24) is 5.32 Å². The predicted octanol–water partition coefficient (Wildman–Crippen LogP) is 5.00. The van der Waals surface area contributed by atoms with Gasteiger partial charge in [-0.15, -0.1) is 0 Å². The van der Waals surface area contributed by atoms with Crippen molar-refractivity contribution in [2.75, 3.05) is 0 Å². The van der Waals surface area contributed by atoms with Crippen LogP contribution < -0.4 is 10.1 Å². The Kier molecular flexibility index (Phi) is 7.85. The van der Waals surface area contributed by atoms with Crippen molar-refractivity contribution in [3.8, 4) is 5.75 Å². The van der Waals surface area contributed by atoms with Crippen LogP contribution in [-0.2, 0) is 6.54 Å². The summed E-state index contributed by atoms with van der Waals surface area (Å²) in [5.74, 6) is 0.178. The van der Waals surface area contributed by atoms with Crippen LogP contribution in [0.1, 0.15) is 45.1 Å². The van der Waals surface area contributed by atoms with Gasteiger partial charge in [-0.25, -0.2) is 0 Å². The minimum absolute atomic E-state index is 0.178. The fourth-order valence-corrected chi connectivity index (χ4v) is 2.18. The normalized spacial score (nSPS) is 12.7. The van der Waals surface area contributed by atoms with Crippen molar-refractivity contribution in [3.05, 3.63) is 28.8 Å². The number of hydrogen-bond donors (Lipinski definition) is 1. The Hall–Kier alpha value is -0.870. The van der Waals surface area contributed by atoms with Gasteiger partial charge in [0.1, 0.15) is 5.75 Å². The summed E-state index contributed by atoms with van der Waals surface area (Å²) in [5, 5.41) is 3.83. The van der Waals surface area contributed by atoms with Crippen molar-refractivity contribution in [2.45, 2.75) is 58.7 Å². The lowest BCUT2D eigenvalue weighted by Gasteiger charge is -2.16. The Balaban J connectivity index is 2.54. The summed E-state index contributed by atoms with van der Waals surface area (Å²) in [4.78, 5) is 0. The van der Waals surface area contributed by atoms with Crippen LogP contribution in [0.15, 0.2) is 18.2 Å². The Bertz CT molecular complexity index is 401. The molecule has 20 heavy (non-hydrogen) atoms. The Labute approximate surface area is 124 Å². The quantitative estimate of drug-likeness (QED) is 0.648. The standard InChI is InChI=1S/C15H22ClF2NO/c1-3-4-5-6-11(2)19-10-12-9-13(16)7-8-14(12)20-15(17)18/h7-9,11,15,19H,3-6,10H2,1-2H3. The second-order valence-electron chi connectivity index (χ2n) is 4.91. The molecule has 5 heteroatoms. The van der Waals surface area contributed by atoms with Crippen molar-refractivity contribution in [1.29, 1.82) is 0 Å². The molecule has 0 heterocycles. The van der Waals surface area contributed by atoms with Gasteiger partial charge in [0.25, 0.3) is 0 Å². The molecule has 0 aliphatic carbocycles. The largest absolute Gasteiger partial charge is 0.434 e. The van der Waals surface area contributed by atoms with E-state index in [2.05, 4.69) is 23.9 Å². The third-order valence-corrected chi connectivity index (χ3v) is 3.36. The first-order valence-electron chi connectivity index (χ1n) is 6.99. The van der Waals surface area contributed by atoms with Crippen LogP contribution in [0.2, 0.25) is 5.02 Å². The lowest BCUT2D eigenvalue weighted by molar-refractivity contribution is -0.0505. The van der Waals surface area contributed by atoms with E-state index in [1.54, 1.807) is 12.1 Å². The fraction of sp³-hybridized carbons (Fsp3) is 0.600. The highest BCUT2D eigenvalue weighted by Gasteiger charge is 2.11. The Morgan fingerprint density at radius 2 is 2.05 bits per heavy atom. The lowest BCUT2D eigenvalue weighted by Crippen LogP contribution is -2.25. The maximum atomic E-state index is 12.3. The van der Waals surface area contributed by atoms with Crippen LogP contribution in [0.25, 0.3) is 0 Å². The summed E-state index contributed by atoms with van der Waals surface area (Å²) in [5.41, 5.74) is 0.653. The SMILES string of the molecule is CCCCCC(C)NCc1cc(Cl)ccc1OC(F)F. The summed E-state index contributed by atoms with van der Waals surface area (Å²) in [6.07, 6.45) is 4.64. The van der Waals surface area contributed by atoms with Crippen LogP contribution in [0, 0.1) is 0 Å². The molecule has 2 nitrogen and oxygen atoms in total. The molecule has 0 bridgehead atoms. The molecule has 0 saturated heterocycles. The molecule has 1 rings (SSSR count). The van der Waals surface area contributed by atoms with Gasteiger partial charge in [-0.2, -0.15) is 8.78 Å². The minimum Gasteiger partial charge on any atom is -0.434 e. The number of nitrogens with one attached hydrogen (secondary N) is 1. The lowest BCUT2D eigenvalue weighted by atomic mass is 10.1. The highest BCUT2D eigenvalue weighted by Crippen LogP contribution is 2.24. The smallest absolute Gasteiger partial charge is 0.387 e. The first-order valence-corrected chi connectivity index (χ1v) is 7.37. The highest BCUT2D eigenvalue weighted by atomic mass is 35.5. The van der Waals surface area contributed by atoms with Crippen LogP contribution in [0.3, 0.4) is 0 Å². The molecular weight excluding hydrogens is 284 g/mol. The number of unbranched alkanes of at least 4 members (excludes halogenated alkanes) is 2. The van der Waals surface area contributed by atoms with Crippen molar-refractivity contribution < 1.29 is 13.5 Å². The molecule has 0 aliphatic heterocycles. The van der Waals surface area contributed by atoms with Gasteiger partial charge >= 0.3 is 6.61 Å². The van der Waals surface area contributed by atoms with Crippen LogP contribution >= 0.6 is 11.6 Å². The second-order valence-corrected chi connectivity index (χ2v) is 5.34. The average Bonchev–Trinajstić information content (AvgIpc) is 2.39. The molecule has 0 spiro atoms. The van der Waals surface area contributed by atoms with Gasteiger partial charge in [-0.3, -0.25) is 0 Å². The number of benzene rings is 1. The molecule has 1 N–H and O–H groups in total. The number of hydrogen-bond acceptors (Lipinski definition) is 2. The van der Waals surface area contributed by atoms with E-state index in [-0.39, 0.29) is 5.75 Å². The van der Waals surface area contributed by atoms with E-state index >= 15 is 0 Å². The van der Waals surface area contributed by atoms with E-state index in [1.165, 1.54) is 25.3 Å². The Morgan fingerprint density at radius 1 is 1.30 bits per heavy atom. The van der Waals surface area contributed by atoms with E-state index in [0.29, 0.717) is 23.2 Å². The molecule has 0 fully saturated rings. The van der Waals surface area contributed by atoms with Gasteiger partial charge in [-0.05, 0) is 31.5 Å². The molecule has 1 aromatic rings. The molecule has 0 radical (unpaired) electrons. The summed E-state index contributed by atoms with van der Waals surface area (Å²) in [6, 6.07) is 5.02. The molecule has 0 amide bonds. The maximum absolute atomic E-state index is 12.3. The van der Waals surface area contributed by atoms with Gasteiger partial charge in [0.2, 0.25) is 0 Å². The highest BCUT2D eigenvalue weighted by molar-refractivity contribution is 6.30. The van der Waals surface area contributed by atoms with E-state index < -0.39 is 6.61 Å². The number of rotatable bonds is 9. The monoisotopic (exact) mass is 305 g/mol. The molecule has 0 aliphatic rings. The average molecular weight is 306 g/mol. The fourth-order valence-electron chi connectivity index (χ4n) is 1.98. The third kappa shape index (κ3) is 6.53. The second kappa shape index (κ2) is 9.14. The van der Waals surface area contributed by atoms with Crippen molar-refractivity contribution in [3.63, 3.8) is 0 Å².